The van der Waals surface area contributed by atoms with Crippen LogP contribution in [-0.2, 0) is 12.8 Å². The third kappa shape index (κ3) is 3.16. The number of nitrogens with zero attached hydrogens (tertiary/aromatic N) is 5. The fourth-order valence-electron chi connectivity index (χ4n) is 3.00. The molecular formula is C16H15N7O2. The molecule has 2 aromatic heterocycles. The van der Waals surface area contributed by atoms with E-state index in [-0.39, 0.29) is 17.5 Å². The summed E-state index contributed by atoms with van der Waals surface area (Å²) in [4.78, 5) is 24.0. The summed E-state index contributed by atoms with van der Waals surface area (Å²) in [6, 6.07) is 8.60. The van der Waals surface area contributed by atoms with Crippen LogP contribution in [0.5, 0.6) is 0 Å². The summed E-state index contributed by atoms with van der Waals surface area (Å²) in [5.41, 5.74) is 2.80. The van der Waals surface area contributed by atoms with Crippen LogP contribution in [0.25, 0.3) is 5.69 Å². The second-order valence-corrected chi connectivity index (χ2v) is 5.92. The van der Waals surface area contributed by atoms with Gasteiger partial charge in [0.25, 0.3) is 11.5 Å². The predicted octanol–water partition coefficient (Wildman–Crippen LogP) is 0.0329. The predicted molar refractivity (Wildman–Crippen MR) is 87.3 cm³/mol. The van der Waals surface area contributed by atoms with Gasteiger partial charge in [0.2, 0.25) is 0 Å². The van der Waals surface area contributed by atoms with E-state index in [1.54, 1.807) is 24.3 Å². The number of rotatable bonds is 3. The lowest BCUT2D eigenvalue weighted by atomic mass is 9.92. The fourth-order valence-corrected chi connectivity index (χ4v) is 3.00. The van der Waals surface area contributed by atoms with E-state index >= 15 is 0 Å². The topological polar surface area (TPSA) is 118 Å². The summed E-state index contributed by atoms with van der Waals surface area (Å²) in [7, 11) is 0. The molecule has 1 aromatic carbocycles. The lowest BCUT2D eigenvalue weighted by Crippen LogP contribution is -2.39. The molecule has 0 unspecified atom stereocenters. The molecule has 126 valence electrons. The van der Waals surface area contributed by atoms with E-state index < -0.39 is 0 Å². The van der Waals surface area contributed by atoms with E-state index in [2.05, 4.69) is 31.0 Å². The molecule has 4 rings (SSSR count). The molecule has 1 amide bonds. The molecule has 0 saturated heterocycles. The van der Waals surface area contributed by atoms with Gasteiger partial charge in [0.15, 0.2) is 0 Å². The molecular weight excluding hydrogens is 322 g/mol. The zero-order valence-corrected chi connectivity index (χ0v) is 13.2. The number of carbonyl (C=O) groups is 1. The van der Waals surface area contributed by atoms with Crippen molar-refractivity contribution < 1.29 is 4.79 Å². The largest absolute Gasteiger partial charge is 0.349 e. The van der Waals surface area contributed by atoms with E-state index in [0.29, 0.717) is 17.7 Å². The first-order valence-corrected chi connectivity index (χ1v) is 7.91. The minimum atomic E-state index is -0.222. The monoisotopic (exact) mass is 337 g/mol. The van der Waals surface area contributed by atoms with E-state index in [1.807, 2.05) is 6.07 Å². The average Bonchev–Trinajstić information content (AvgIpc) is 3.16. The summed E-state index contributed by atoms with van der Waals surface area (Å²) in [6.07, 6.45) is 3.58. The first-order chi connectivity index (χ1) is 12.2. The normalized spacial score (nSPS) is 16.2. The number of hydrogen-bond donors (Lipinski definition) is 2. The minimum absolute atomic E-state index is 0.0275. The molecule has 3 aromatic rings. The van der Waals surface area contributed by atoms with Gasteiger partial charge in [-0.05, 0) is 53.5 Å². The number of H-pyrrole nitrogens is 1. The van der Waals surface area contributed by atoms with E-state index in [0.717, 1.165) is 24.1 Å². The van der Waals surface area contributed by atoms with Gasteiger partial charge in [-0.2, -0.15) is 5.10 Å². The molecule has 1 atom stereocenters. The van der Waals surface area contributed by atoms with Gasteiger partial charge in [-0.1, -0.05) is 6.07 Å². The minimum Gasteiger partial charge on any atom is -0.349 e. The molecule has 0 radical (unpaired) electrons. The lowest BCUT2D eigenvalue weighted by Gasteiger charge is -2.24. The number of hydrogen-bond acceptors (Lipinski definition) is 6. The van der Waals surface area contributed by atoms with Crippen molar-refractivity contribution in [1.82, 2.24) is 35.7 Å². The number of carbonyl (C=O) groups excluding carboxylic acids is 1. The second-order valence-electron chi connectivity index (χ2n) is 5.92. The number of aromatic nitrogens is 6. The quantitative estimate of drug-likeness (QED) is 0.696. The highest BCUT2D eigenvalue weighted by atomic mass is 16.1. The summed E-state index contributed by atoms with van der Waals surface area (Å²) >= 11 is 0. The molecule has 0 fully saturated rings. The summed E-state index contributed by atoms with van der Waals surface area (Å²) < 4.78 is 1.49. The zero-order valence-electron chi connectivity index (χ0n) is 13.2. The maximum Gasteiger partial charge on any atom is 0.264 e. The van der Waals surface area contributed by atoms with Crippen LogP contribution in [0.3, 0.4) is 0 Å². The number of amides is 1. The van der Waals surface area contributed by atoms with Crippen LogP contribution in [0, 0.1) is 0 Å². The summed E-state index contributed by atoms with van der Waals surface area (Å²) in [5.74, 6) is -0.166. The Labute approximate surface area is 142 Å². The number of benzene rings is 1. The van der Waals surface area contributed by atoms with Gasteiger partial charge in [-0.3, -0.25) is 9.59 Å². The van der Waals surface area contributed by atoms with Crippen molar-refractivity contribution in [2.75, 3.05) is 0 Å². The van der Waals surface area contributed by atoms with Crippen LogP contribution < -0.4 is 10.9 Å². The third-order valence-corrected chi connectivity index (χ3v) is 4.23. The molecule has 2 heterocycles. The molecule has 25 heavy (non-hydrogen) atoms. The van der Waals surface area contributed by atoms with Crippen LogP contribution in [0.2, 0.25) is 0 Å². The van der Waals surface area contributed by atoms with E-state index in [4.69, 9.17) is 0 Å². The first-order valence-electron chi connectivity index (χ1n) is 7.91. The van der Waals surface area contributed by atoms with Crippen LogP contribution in [0.1, 0.15) is 28.0 Å². The van der Waals surface area contributed by atoms with E-state index in [1.165, 1.54) is 11.0 Å². The lowest BCUT2D eigenvalue weighted by molar-refractivity contribution is 0.0933. The van der Waals surface area contributed by atoms with Crippen molar-refractivity contribution in [2.24, 2.45) is 0 Å². The molecule has 9 nitrogen and oxygen atoms in total. The molecule has 1 aliphatic carbocycles. The van der Waals surface area contributed by atoms with Gasteiger partial charge in [-0.25, -0.2) is 9.78 Å². The highest BCUT2D eigenvalue weighted by Crippen LogP contribution is 2.18. The van der Waals surface area contributed by atoms with Crippen molar-refractivity contribution in [3.05, 3.63) is 63.8 Å². The van der Waals surface area contributed by atoms with Crippen molar-refractivity contribution in [3.63, 3.8) is 0 Å². The van der Waals surface area contributed by atoms with Gasteiger partial charge in [0, 0.05) is 17.7 Å². The highest BCUT2D eigenvalue weighted by molar-refractivity contribution is 5.94. The zero-order chi connectivity index (χ0) is 17.2. The Balaban J connectivity index is 1.49. The average molecular weight is 337 g/mol. The Morgan fingerprint density at radius 3 is 3.08 bits per heavy atom. The van der Waals surface area contributed by atoms with Crippen LogP contribution in [-0.4, -0.2) is 42.4 Å². The Morgan fingerprint density at radius 1 is 1.32 bits per heavy atom. The third-order valence-electron chi connectivity index (χ3n) is 4.23. The molecule has 0 aliphatic heterocycles. The molecule has 9 heteroatoms. The Hall–Kier alpha value is -3.36. The maximum atomic E-state index is 12.6. The van der Waals surface area contributed by atoms with Gasteiger partial charge < -0.3 is 5.32 Å². The Morgan fingerprint density at radius 2 is 2.24 bits per heavy atom. The number of fused-ring (bicyclic) bond motifs is 1. The summed E-state index contributed by atoms with van der Waals surface area (Å²) in [6.45, 7) is 0. The van der Waals surface area contributed by atoms with Crippen LogP contribution in [0.15, 0.2) is 41.5 Å². The van der Waals surface area contributed by atoms with Crippen molar-refractivity contribution in [2.45, 2.75) is 25.3 Å². The SMILES string of the molecule is O=C(N[C@H]1CCc2n[nH]c(=O)cc2C1)c1cccc(-n2cnnn2)c1. The van der Waals surface area contributed by atoms with Gasteiger partial charge in [0.1, 0.15) is 6.33 Å². The summed E-state index contributed by atoms with van der Waals surface area (Å²) in [5, 5.41) is 20.5. The Kier molecular flexibility index (Phi) is 3.81. The van der Waals surface area contributed by atoms with Crippen molar-refractivity contribution >= 4 is 5.91 Å². The fraction of sp³-hybridized carbons (Fsp3) is 0.250. The van der Waals surface area contributed by atoms with Crippen LogP contribution >= 0.6 is 0 Å². The van der Waals surface area contributed by atoms with Crippen LogP contribution in [0.4, 0.5) is 0 Å². The van der Waals surface area contributed by atoms with Crippen molar-refractivity contribution in [3.8, 4) is 5.69 Å². The molecule has 0 bridgehead atoms. The number of aromatic amines is 1. The standard InChI is InChI=1S/C16H15N7O2/c24-15-8-11-6-12(4-5-14(11)19-20-15)18-16(25)10-2-1-3-13(7-10)23-9-17-21-22-23/h1-3,7-9,12H,4-6H2,(H,18,25)(H,20,24)/t12-/m0/s1. The smallest absolute Gasteiger partial charge is 0.264 e. The highest BCUT2D eigenvalue weighted by Gasteiger charge is 2.22. The Bertz CT molecular complexity index is 965. The first kappa shape index (κ1) is 15.2. The second kappa shape index (κ2) is 6.27. The van der Waals surface area contributed by atoms with Gasteiger partial charge in [0.05, 0.1) is 11.4 Å². The molecule has 0 spiro atoms. The van der Waals surface area contributed by atoms with Gasteiger partial charge in [-0.15, -0.1) is 5.10 Å². The van der Waals surface area contributed by atoms with Gasteiger partial charge >= 0.3 is 0 Å². The van der Waals surface area contributed by atoms with E-state index in [9.17, 15) is 9.59 Å². The molecule has 1 aliphatic rings. The van der Waals surface area contributed by atoms with Crippen molar-refractivity contribution in [1.29, 1.82) is 0 Å². The maximum absolute atomic E-state index is 12.6. The number of aryl methyl sites for hydroxylation is 1. The number of tetrazole rings is 1. The number of nitrogens with one attached hydrogen (secondary N) is 2. The molecule has 0 saturated carbocycles. The molecule has 2 N–H and O–H groups in total.